The predicted octanol–water partition coefficient (Wildman–Crippen LogP) is 2.39. The average Bonchev–Trinajstić information content (AvgIpc) is 2.53. The first-order valence-electron chi connectivity index (χ1n) is 8.98. The highest BCUT2D eigenvalue weighted by Crippen LogP contribution is 2.35. The normalized spacial score (nSPS) is 20.5. The Morgan fingerprint density at radius 2 is 1.92 bits per heavy atom. The lowest BCUT2D eigenvalue weighted by atomic mass is 9.86. The van der Waals surface area contributed by atoms with Crippen molar-refractivity contribution in [2.24, 2.45) is 0 Å². The van der Waals surface area contributed by atoms with Crippen LogP contribution in [0, 0.1) is 6.92 Å². The topological polar surface area (TPSA) is 58.8 Å². The quantitative estimate of drug-likeness (QED) is 0.861. The minimum Gasteiger partial charge on any atom is -0.495 e. The van der Waals surface area contributed by atoms with E-state index in [-0.39, 0.29) is 6.04 Å². The molecule has 0 saturated carbocycles. The van der Waals surface area contributed by atoms with Gasteiger partial charge in [-0.1, -0.05) is 0 Å². The SMILES string of the molecule is COc1cc(C2CCN(C(=O)[C@@H](C)N3CCC3)CC2)c(C)cc1N. The molecule has 0 bridgehead atoms. The van der Waals surface area contributed by atoms with Gasteiger partial charge in [-0.25, -0.2) is 0 Å². The largest absolute Gasteiger partial charge is 0.495 e. The Morgan fingerprint density at radius 3 is 2.46 bits per heavy atom. The van der Waals surface area contributed by atoms with E-state index < -0.39 is 0 Å². The highest BCUT2D eigenvalue weighted by molar-refractivity contribution is 5.81. The molecule has 2 saturated heterocycles. The third-order valence-corrected chi connectivity index (χ3v) is 5.66. The van der Waals surface area contributed by atoms with Crippen LogP contribution in [0.25, 0.3) is 0 Å². The number of carbonyl (C=O) groups is 1. The van der Waals surface area contributed by atoms with Gasteiger partial charge in [0.05, 0.1) is 18.8 Å². The van der Waals surface area contributed by atoms with Crippen molar-refractivity contribution in [2.45, 2.75) is 45.1 Å². The number of anilines is 1. The van der Waals surface area contributed by atoms with Gasteiger partial charge in [-0.3, -0.25) is 9.69 Å². The van der Waals surface area contributed by atoms with Gasteiger partial charge < -0.3 is 15.4 Å². The van der Waals surface area contributed by atoms with Crippen molar-refractivity contribution in [1.82, 2.24) is 9.80 Å². The fourth-order valence-corrected chi connectivity index (χ4v) is 3.90. The minimum atomic E-state index is 0.0358. The number of nitrogens with two attached hydrogens (primary N) is 1. The predicted molar refractivity (Wildman–Crippen MR) is 96.4 cm³/mol. The smallest absolute Gasteiger partial charge is 0.239 e. The van der Waals surface area contributed by atoms with Crippen LogP contribution in [0.2, 0.25) is 0 Å². The van der Waals surface area contributed by atoms with Crippen molar-refractivity contribution >= 4 is 11.6 Å². The summed E-state index contributed by atoms with van der Waals surface area (Å²) in [6.07, 6.45) is 3.23. The van der Waals surface area contributed by atoms with Crippen LogP contribution in [0.1, 0.15) is 43.2 Å². The first-order chi connectivity index (χ1) is 11.5. The lowest BCUT2D eigenvalue weighted by Gasteiger charge is -2.40. The fraction of sp³-hybridized carbons (Fsp3) is 0.632. The van der Waals surface area contributed by atoms with Gasteiger partial charge in [0.25, 0.3) is 0 Å². The van der Waals surface area contributed by atoms with Crippen molar-refractivity contribution < 1.29 is 9.53 Å². The zero-order valence-corrected chi connectivity index (χ0v) is 15.0. The van der Waals surface area contributed by atoms with Gasteiger partial charge in [-0.2, -0.15) is 0 Å². The van der Waals surface area contributed by atoms with Crippen molar-refractivity contribution in [3.05, 3.63) is 23.3 Å². The Bertz CT molecular complexity index is 605. The molecule has 0 spiro atoms. The van der Waals surface area contributed by atoms with E-state index in [2.05, 4.69) is 17.9 Å². The lowest BCUT2D eigenvalue weighted by molar-refractivity contribution is -0.138. The van der Waals surface area contributed by atoms with Crippen LogP contribution in [0.15, 0.2) is 12.1 Å². The number of nitrogens with zero attached hydrogens (tertiary/aromatic N) is 2. The lowest BCUT2D eigenvalue weighted by Crippen LogP contribution is -2.53. The van der Waals surface area contributed by atoms with E-state index in [4.69, 9.17) is 10.5 Å². The Balaban J connectivity index is 1.63. The second-order valence-electron chi connectivity index (χ2n) is 7.12. The molecule has 0 aromatic heterocycles. The Morgan fingerprint density at radius 1 is 1.25 bits per heavy atom. The standard InChI is InChI=1S/C19H29N3O2/c1-13-11-17(20)18(24-3)12-16(13)15-5-9-22(10-6-15)19(23)14(2)21-7-4-8-21/h11-12,14-15H,4-10,20H2,1-3H3/t14-/m1/s1. The van der Waals surface area contributed by atoms with E-state index in [9.17, 15) is 4.79 Å². The van der Waals surface area contributed by atoms with Gasteiger partial charge in [-0.05, 0) is 62.3 Å². The van der Waals surface area contributed by atoms with Crippen molar-refractivity contribution in [3.8, 4) is 5.75 Å². The zero-order valence-electron chi connectivity index (χ0n) is 15.0. The Hall–Kier alpha value is -1.75. The third kappa shape index (κ3) is 3.22. The van der Waals surface area contributed by atoms with E-state index in [1.165, 1.54) is 17.5 Å². The van der Waals surface area contributed by atoms with Crippen LogP contribution in [-0.4, -0.2) is 55.0 Å². The summed E-state index contributed by atoms with van der Waals surface area (Å²) in [5.74, 6) is 1.52. The molecule has 2 N–H and O–H groups in total. The monoisotopic (exact) mass is 331 g/mol. The molecule has 1 aromatic carbocycles. The van der Waals surface area contributed by atoms with Crippen LogP contribution >= 0.6 is 0 Å². The second kappa shape index (κ2) is 7.01. The highest BCUT2D eigenvalue weighted by Gasteiger charge is 2.32. The molecule has 24 heavy (non-hydrogen) atoms. The number of nitrogen functional groups attached to an aromatic ring is 1. The molecule has 0 radical (unpaired) electrons. The van der Waals surface area contributed by atoms with E-state index in [1.54, 1.807) is 7.11 Å². The molecule has 5 heteroatoms. The van der Waals surface area contributed by atoms with Crippen LogP contribution in [0.3, 0.4) is 0 Å². The summed E-state index contributed by atoms with van der Waals surface area (Å²) >= 11 is 0. The fourth-order valence-electron chi connectivity index (χ4n) is 3.90. The molecular formula is C19H29N3O2. The average molecular weight is 331 g/mol. The van der Waals surface area contributed by atoms with E-state index >= 15 is 0 Å². The number of likely N-dealkylation sites (tertiary alicyclic amines) is 2. The van der Waals surface area contributed by atoms with Gasteiger partial charge >= 0.3 is 0 Å². The molecule has 1 aromatic rings. The highest BCUT2D eigenvalue weighted by atomic mass is 16.5. The molecule has 132 valence electrons. The maximum Gasteiger partial charge on any atom is 0.239 e. The number of carbonyl (C=O) groups excluding carboxylic acids is 1. The summed E-state index contributed by atoms with van der Waals surface area (Å²) in [4.78, 5) is 16.9. The number of aryl methyl sites for hydroxylation is 1. The summed E-state index contributed by atoms with van der Waals surface area (Å²) in [5.41, 5.74) is 9.20. The second-order valence-corrected chi connectivity index (χ2v) is 7.12. The number of benzene rings is 1. The molecule has 0 unspecified atom stereocenters. The van der Waals surface area contributed by atoms with E-state index in [0.29, 0.717) is 17.5 Å². The molecule has 1 amide bonds. The minimum absolute atomic E-state index is 0.0358. The van der Waals surface area contributed by atoms with Crippen molar-refractivity contribution in [1.29, 1.82) is 0 Å². The van der Waals surface area contributed by atoms with Gasteiger partial charge in [0.2, 0.25) is 5.91 Å². The maximum atomic E-state index is 12.6. The van der Waals surface area contributed by atoms with Crippen LogP contribution in [-0.2, 0) is 4.79 Å². The molecule has 0 aliphatic carbocycles. The van der Waals surface area contributed by atoms with Crippen LogP contribution in [0.4, 0.5) is 5.69 Å². The number of ether oxygens (including phenoxy) is 1. The molecule has 2 fully saturated rings. The molecule has 2 aliphatic heterocycles. The number of piperidine rings is 1. The van der Waals surface area contributed by atoms with Gasteiger partial charge in [0.1, 0.15) is 5.75 Å². The number of rotatable bonds is 4. The molecule has 3 rings (SSSR count). The maximum absolute atomic E-state index is 12.6. The van der Waals surface area contributed by atoms with Crippen LogP contribution < -0.4 is 10.5 Å². The number of hydrogen-bond donors (Lipinski definition) is 1. The first kappa shape index (κ1) is 17.1. The Labute approximate surface area is 144 Å². The molecule has 1 atom stereocenters. The van der Waals surface area contributed by atoms with Gasteiger partial charge in [-0.15, -0.1) is 0 Å². The van der Waals surface area contributed by atoms with Crippen molar-refractivity contribution in [2.75, 3.05) is 39.0 Å². The third-order valence-electron chi connectivity index (χ3n) is 5.66. The van der Waals surface area contributed by atoms with Crippen molar-refractivity contribution in [3.63, 3.8) is 0 Å². The number of methoxy groups -OCH3 is 1. The summed E-state index contributed by atoms with van der Waals surface area (Å²) in [6.45, 7) is 7.96. The van der Waals surface area contributed by atoms with E-state index in [0.717, 1.165) is 44.8 Å². The molecular weight excluding hydrogens is 302 g/mol. The van der Waals surface area contributed by atoms with E-state index in [1.807, 2.05) is 17.9 Å². The molecule has 2 heterocycles. The zero-order chi connectivity index (χ0) is 17.3. The van der Waals surface area contributed by atoms with Crippen LogP contribution in [0.5, 0.6) is 5.75 Å². The molecule has 2 aliphatic rings. The summed E-state index contributed by atoms with van der Waals surface area (Å²) in [5, 5.41) is 0. The molecule has 5 nitrogen and oxygen atoms in total. The Kier molecular flexibility index (Phi) is 4.99. The summed E-state index contributed by atoms with van der Waals surface area (Å²) < 4.78 is 5.37. The van der Waals surface area contributed by atoms with Gasteiger partial charge in [0, 0.05) is 26.2 Å². The summed E-state index contributed by atoms with van der Waals surface area (Å²) in [7, 11) is 1.66. The number of amides is 1. The number of hydrogen-bond acceptors (Lipinski definition) is 4. The van der Waals surface area contributed by atoms with Gasteiger partial charge in [0.15, 0.2) is 0 Å². The first-order valence-corrected chi connectivity index (χ1v) is 8.98. The summed E-state index contributed by atoms with van der Waals surface area (Å²) in [6, 6.07) is 4.11.